The van der Waals surface area contributed by atoms with Crippen LogP contribution in [0.15, 0.2) is 12.1 Å². The quantitative estimate of drug-likeness (QED) is 0.911. The van der Waals surface area contributed by atoms with E-state index in [0.717, 1.165) is 19.5 Å². The summed E-state index contributed by atoms with van der Waals surface area (Å²) in [5, 5.41) is 10.6. The number of rotatable bonds is 4. The maximum atomic E-state index is 11.9. The summed E-state index contributed by atoms with van der Waals surface area (Å²) in [7, 11) is 0. The van der Waals surface area contributed by atoms with Crippen LogP contribution < -0.4 is 5.32 Å². The van der Waals surface area contributed by atoms with Crippen molar-refractivity contribution in [3.8, 4) is 0 Å². The Bertz CT molecular complexity index is 435. The van der Waals surface area contributed by atoms with E-state index in [1.807, 2.05) is 0 Å². The van der Waals surface area contributed by atoms with E-state index in [4.69, 9.17) is 11.6 Å². The number of halogens is 1. The van der Waals surface area contributed by atoms with Crippen LogP contribution in [0.25, 0.3) is 0 Å². The maximum Gasteiger partial charge on any atom is 0.271 e. The molecule has 0 saturated carbocycles. The van der Waals surface area contributed by atoms with E-state index in [0.29, 0.717) is 29.4 Å². The minimum absolute atomic E-state index is 0.188. The molecule has 5 nitrogen and oxygen atoms in total. The lowest BCUT2D eigenvalue weighted by molar-refractivity contribution is 0.0941. The Morgan fingerprint density at radius 1 is 1.53 bits per heavy atom. The standard InChI is InChI=1S/C13H19ClN4O/c1-9(2)18-6-5-10(8-18)7-15-13(19)11-3-4-12(14)17-16-11/h3-4,9-10H,5-8H2,1-2H3,(H,15,19). The lowest BCUT2D eigenvalue weighted by Crippen LogP contribution is -2.33. The average molecular weight is 283 g/mol. The highest BCUT2D eigenvalue weighted by Gasteiger charge is 2.24. The Balaban J connectivity index is 1.80. The Labute approximate surface area is 118 Å². The van der Waals surface area contributed by atoms with Crippen LogP contribution in [0.4, 0.5) is 0 Å². The van der Waals surface area contributed by atoms with Crippen molar-refractivity contribution < 1.29 is 4.79 Å². The second-order valence-corrected chi connectivity index (χ2v) is 5.58. The molecule has 19 heavy (non-hydrogen) atoms. The number of hydrogen-bond donors (Lipinski definition) is 1. The van der Waals surface area contributed by atoms with Crippen molar-refractivity contribution in [2.75, 3.05) is 19.6 Å². The molecule has 1 aromatic rings. The van der Waals surface area contributed by atoms with E-state index in [1.165, 1.54) is 0 Å². The third-order valence-electron chi connectivity index (χ3n) is 3.46. The van der Waals surface area contributed by atoms with E-state index < -0.39 is 0 Å². The molecule has 1 aromatic heterocycles. The van der Waals surface area contributed by atoms with Crippen molar-refractivity contribution in [3.63, 3.8) is 0 Å². The van der Waals surface area contributed by atoms with Gasteiger partial charge in [-0.15, -0.1) is 10.2 Å². The number of aromatic nitrogens is 2. The molecule has 0 spiro atoms. The predicted molar refractivity (Wildman–Crippen MR) is 74.2 cm³/mol. The number of hydrogen-bond acceptors (Lipinski definition) is 4. The van der Waals surface area contributed by atoms with Gasteiger partial charge in [0.2, 0.25) is 0 Å². The van der Waals surface area contributed by atoms with Crippen LogP contribution in [0.2, 0.25) is 5.15 Å². The maximum absolute atomic E-state index is 11.9. The van der Waals surface area contributed by atoms with E-state index in [2.05, 4.69) is 34.3 Å². The summed E-state index contributed by atoms with van der Waals surface area (Å²) in [6.45, 7) is 7.24. The van der Waals surface area contributed by atoms with E-state index in [1.54, 1.807) is 12.1 Å². The third-order valence-corrected chi connectivity index (χ3v) is 3.67. The van der Waals surface area contributed by atoms with Gasteiger partial charge >= 0.3 is 0 Å². The van der Waals surface area contributed by atoms with Crippen LogP contribution in [0.1, 0.15) is 30.8 Å². The molecule has 0 aliphatic carbocycles. The topological polar surface area (TPSA) is 58.1 Å². The molecule has 1 aliphatic rings. The molecule has 1 N–H and O–H groups in total. The SMILES string of the molecule is CC(C)N1CCC(CNC(=O)c2ccc(Cl)nn2)C1. The highest BCUT2D eigenvalue weighted by atomic mass is 35.5. The molecule has 1 unspecified atom stereocenters. The zero-order valence-corrected chi connectivity index (χ0v) is 12.0. The molecule has 0 aromatic carbocycles. The van der Waals surface area contributed by atoms with Gasteiger partial charge in [-0.1, -0.05) is 11.6 Å². The first-order valence-corrected chi connectivity index (χ1v) is 6.95. The molecule has 2 rings (SSSR count). The molecule has 0 radical (unpaired) electrons. The van der Waals surface area contributed by atoms with Crippen molar-refractivity contribution in [1.29, 1.82) is 0 Å². The van der Waals surface area contributed by atoms with Gasteiger partial charge in [-0.2, -0.15) is 0 Å². The van der Waals surface area contributed by atoms with E-state index >= 15 is 0 Å². The van der Waals surface area contributed by atoms with E-state index in [9.17, 15) is 4.79 Å². The summed E-state index contributed by atoms with van der Waals surface area (Å²) >= 11 is 5.63. The van der Waals surface area contributed by atoms with Crippen LogP contribution in [0.3, 0.4) is 0 Å². The first kappa shape index (κ1) is 14.2. The number of likely N-dealkylation sites (tertiary alicyclic amines) is 1. The highest BCUT2D eigenvalue weighted by molar-refractivity contribution is 6.29. The Kier molecular flexibility index (Phi) is 4.71. The zero-order valence-electron chi connectivity index (χ0n) is 11.3. The Morgan fingerprint density at radius 3 is 2.89 bits per heavy atom. The van der Waals surface area contributed by atoms with Gasteiger partial charge in [0.15, 0.2) is 10.8 Å². The van der Waals surface area contributed by atoms with Gasteiger partial charge in [-0.3, -0.25) is 4.79 Å². The Morgan fingerprint density at radius 2 is 2.32 bits per heavy atom. The van der Waals surface area contributed by atoms with Gasteiger partial charge in [-0.05, 0) is 44.9 Å². The number of nitrogens with zero attached hydrogens (tertiary/aromatic N) is 3. The largest absolute Gasteiger partial charge is 0.350 e. The summed E-state index contributed by atoms with van der Waals surface area (Å²) < 4.78 is 0. The molecule has 1 amide bonds. The first-order chi connectivity index (χ1) is 9.06. The Hall–Kier alpha value is -1.20. The van der Waals surface area contributed by atoms with Crippen molar-refractivity contribution >= 4 is 17.5 Å². The summed E-state index contributed by atoms with van der Waals surface area (Å²) in [6, 6.07) is 3.72. The van der Waals surface area contributed by atoms with Gasteiger partial charge in [0.25, 0.3) is 5.91 Å². The minimum atomic E-state index is -0.188. The third kappa shape index (κ3) is 3.88. The molecule has 2 heterocycles. The zero-order chi connectivity index (χ0) is 13.8. The van der Waals surface area contributed by atoms with Crippen molar-refractivity contribution in [3.05, 3.63) is 23.0 Å². The molecular formula is C13H19ClN4O. The van der Waals surface area contributed by atoms with Crippen molar-refractivity contribution in [2.45, 2.75) is 26.3 Å². The van der Waals surface area contributed by atoms with Gasteiger partial charge < -0.3 is 10.2 Å². The van der Waals surface area contributed by atoms with Gasteiger partial charge in [0.1, 0.15) is 0 Å². The summed E-state index contributed by atoms with van der Waals surface area (Å²) in [4.78, 5) is 14.3. The lowest BCUT2D eigenvalue weighted by Gasteiger charge is -2.20. The molecular weight excluding hydrogens is 264 g/mol. The molecule has 1 fully saturated rings. The summed E-state index contributed by atoms with van der Waals surface area (Å²) in [5.74, 6) is 0.332. The molecule has 1 aliphatic heterocycles. The summed E-state index contributed by atoms with van der Waals surface area (Å²) in [6.07, 6.45) is 1.13. The van der Waals surface area contributed by atoms with Gasteiger partial charge in [-0.25, -0.2) is 0 Å². The number of nitrogens with one attached hydrogen (secondary N) is 1. The van der Waals surface area contributed by atoms with Gasteiger partial charge in [0, 0.05) is 19.1 Å². The van der Waals surface area contributed by atoms with E-state index in [-0.39, 0.29) is 5.91 Å². The molecule has 1 saturated heterocycles. The fourth-order valence-electron chi connectivity index (χ4n) is 2.26. The van der Waals surface area contributed by atoms with Crippen molar-refractivity contribution in [2.24, 2.45) is 5.92 Å². The second-order valence-electron chi connectivity index (χ2n) is 5.19. The van der Waals surface area contributed by atoms with Crippen molar-refractivity contribution in [1.82, 2.24) is 20.4 Å². The summed E-state index contributed by atoms with van der Waals surface area (Å²) in [5.41, 5.74) is 0.308. The van der Waals surface area contributed by atoms with Crippen LogP contribution in [0.5, 0.6) is 0 Å². The normalized spacial score (nSPS) is 19.9. The average Bonchev–Trinajstić information content (AvgIpc) is 2.86. The highest BCUT2D eigenvalue weighted by Crippen LogP contribution is 2.17. The van der Waals surface area contributed by atoms with Crippen LogP contribution >= 0.6 is 11.6 Å². The lowest BCUT2D eigenvalue weighted by atomic mass is 10.1. The predicted octanol–water partition coefficient (Wildman–Crippen LogP) is 1.59. The number of amides is 1. The fourth-order valence-corrected chi connectivity index (χ4v) is 2.36. The first-order valence-electron chi connectivity index (χ1n) is 6.57. The molecule has 104 valence electrons. The molecule has 6 heteroatoms. The fraction of sp³-hybridized carbons (Fsp3) is 0.615. The molecule has 1 atom stereocenters. The van der Waals surface area contributed by atoms with Gasteiger partial charge in [0.05, 0.1) is 0 Å². The second kappa shape index (κ2) is 6.30. The number of carbonyl (C=O) groups excluding carboxylic acids is 1. The molecule has 0 bridgehead atoms. The van der Waals surface area contributed by atoms with Crippen LogP contribution in [0, 0.1) is 5.92 Å². The van der Waals surface area contributed by atoms with Crippen LogP contribution in [-0.2, 0) is 0 Å². The number of carbonyl (C=O) groups is 1. The monoisotopic (exact) mass is 282 g/mol. The smallest absolute Gasteiger partial charge is 0.271 e. The minimum Gasteiger partial charge on any atom is -0.350 e. The van der Waals surface area contributed by atoms with Crippen LogP contribution in [-0.4, -0.2) is 46.7 Å².